The molecule has 0 spiro atoms. The molecule has 0 unspecified atom stereocenters. The summed E-state index contributed by atoms with van der Waals surface area (Å²) < 4.78 is 0. The van der Waals surface area contributed by atoms with Crippen LogP contribution in [0.3, 0.4) is 0 Å². The van der Waals surface area contributed by atoms with Crippen molar-refractivity contribution >= 4 is 11.6 Å². The van der Waals surface area contributed by atoms with E-state index in [1.54, 1.807) is 23.1 Å². The summed E-state index contributed by atoms with van der Waals surface area (Å²) in [5, 5.41) is 8.97. The van der Waals surface area contributed by atoms with Gasteiger partial charge in [0.1, 0.15) is 0 Å². The molecule has 4 nitrogen and oxygen atoms in total. The van der Waals surface area contributed by atoms with Crippen molar-refractivity contribution in [1.82, 2.24) is 4.90 Å². The van der Waals surface area contributed by atoms with Gasteiger partial charge in [0.05, 0.1) is 6.61 Å². The predicted molar refractivity (Wildman–Crippen MR) is 68.8 cm³/mol. The highest BCUT2D eigenvalue weighted by atomic mass is 16.3. The number of aliphatic hydroxyl groups is 1. The number of rotatable bonds is 4. The van der Waals surface area contributed by atoms with Crippen LogP contribution in [0.15, 0.2) is 18.2 Å². The molecule has 0 saturated heterocycles. The Balaban J connectivity index is 2.97. The standard InChI is InChI=1S/C13H20N2O2/c1-9(2)15(6-7-16)13(17)11-4-5-12(14)10(3)8-11/h4-5,8-9,16H,6-7,14H2,1-3H3. The molecular formula is C13H20N2O2. The Hall–Kier alpha value is -1.55. The molecule has 17 heavy (non-hydrogen) atoms. The average Bonchev–Trinajstić information content (AvgIpc) is 2.28. The highest BCUT2D eigenvalue weighted by Crippen LogP contribution is 2.15. The fourth-order valence-corrected chi connectivity index (χ4v) is 1.68. The normalized spacial score (nSPS) is 10.6. The summed E-state index contributed by atoms with van der Waals surface area (Å²) in [6, 6.07) is 5.30. The van der Waals surface area contributed by atoms with Crippen molar-refractivity contribution in [2.24, 2.45) is 0 Å². The van der Waals surface area contributed by atoms with E-state index in [1.807, 2.05) is 20.8 Å². The van der Waals surface area contributed by atoms with Crippen molar-refractivity contribution in [3.8, 4) is 0 Å². The summed E-state index contributed by atoms with van der Waals surface area (Å²) in [5.41, 5.74) is 7.90. The first kappa shape index (κ1) is 13.5. The summed E-state index contributed by atoms with van der Waals surface area (Å²) in [5.74, 6) is -0.0721. The van der Waals surface area contributed by atoms with E-state index in [2.05, 4.69) is 0 Å². The minimum atomic E-state index is -0.0721. The molecule has 0 radical (unpaired) electrons. The van der Waals surface area contributed by atoms with E-state index in [4.69, 9.17) is 10.8 Å². The van der Waals surface area contributed by atoms with Crippen LogP contribution in [0.25, 0.3) is 0 Å². The fraction of sp³-hybridized carbons (Fsp3) is 0.462. The average molecular weight is 236 g/mol. The highest BCUT2D eigenvalue weighted by Gasteiger charge is 2.18. The number of aryl methyl sites for hydroxylation is 1. The molecule has 1 rings (SSSR count). The van der Waals surface area contributed by atoms with Gasteiger partial charge < -0.3 is 15.7 Å². The van der Waals surface area contributed by atoms with E-state index < -0.39 is 0 Å². The van der Waals surface area contributed by atoms with Crippen LogP contribution < -0.4 is 5.73 Å². The van der Waals surface area contributed by atoms with Crippen molar-refractivity contribution < 1.29 is 9.90 Å². The summed E-state index contributed by atoms with van der Waals surface area (Å²) in [6.07, 6.45) is 0. The van der Waals surface area contributed by atoms with Crippen LogP contribution in [0, 0.1) is 6.92 Å². The summed E-state index contributed by atoms with van der Waals surface area (Å²) in [6.45, 7) is 6.05. The monoisotopic (exact) mass is 236 g/mol. The fourth-order valence-electron chi connectivity index (χ4n) is 1.68. The maximum absolute atomic E-state index is 12.2. The second kappa shape index (κ2) is 5.68. The second-order valence-corrected chi connectivity index (χ2v) is 4.39. The first-order chi connectivity index (χ1) is 7.97. The number of nitrogens with zero attached hydrogens (tertiary/aromatic N) is 1. The molecule has 0 fully saturated rings. The molecule has 0 atom stereocenters. The Labute approximate surface area is 102 Å². The number of benzene rings is 1. The predicted octanol–water partition coefficient (Wildman–Crippen LogP) is 1.42. The minimum Gasteiger partial charge on any atom is -0.399 e. The van der Waals surface area contributed by atoms with Crippen LogP contribution in [0.5, 0.6) is 0 Å². The Bertz CT molecular complexity index is 402. The van der Waals surface area contributed by atoms with Gasteiger partial charge in [-0.15, -0.1) is 0 Å². The molecule has 4 heteroatoms. The summed E-state index contributed by atoms with van der Waals surface area (Å²) in [7, 11) is 0. The van der Waals surface area contributed by atoms with E-state index in [0.717, 1.165) is 5.56 Å². The molecule has 0 aliphatic heterocycles. The zero-order chi connectivity index (χ0) is 13.0. The molecule has 0 saturated carbocycles. The van der Waals surface area contributed by atoms with Crippen LogP contribution in [0.1, 0.15) is 29.8 Å². The Morgan fingerprint density at radius 1 is 1.47 bits per heavy atom. The van der Waals surface area contributed by atoms with Crippen LogP contribution >= 0.6 is 0 Å². The molecule has 0 heterocycles. The van der Waals surface area contributed by atoms with Crippen molar-refractivity contribution in [3.63, 3.8) is 0 Å². The number of nitrogens with two attached hydrogens (primary N) is 1. The van der Waals surface area contributed by atoms with E-state index in [0.29, 0.717) is 17.8 Å². The van der Waals surface area contributed by atoms with Gasteiger partial charge >= 0.3 is 0 Å². The van der Waals surface area contributed by atoms with Gasteiger partial charge in [0.15, 0.2) is 0 Å². The summed E-state index contributed by atoms with van der Waals surface area (Å²) in [4.78, 5) is 13.9. The molecule has 3 N–H and O–H groups in total. The third-order valence-corrected chi connectivity index (χ3v) is 2.74. The van der Waals surface area contributed by atoms with E-state index >= 15 is 0 Å². The van der Waals surface area contributed by atoms with Gasteiger partial charge in [-0.25, -0.2) is 0 Å². The van der Waals surface area contributed by atoms with E-state index in [-0.39, 0.29) is 18.6 Å². The van der Waals surface area contributed by atoms with E-state index in [9.17, 15) is 4.79 Å². The Morgan fingerprint density at radius 2 is 2.12 bits per heavy atom. The number of hydrogen-bond acceptors (Lipinski definition) is 3. The molecule has 1 aromatic rings. The van der Waals surface area contributed by atoms with Gasteiger partial charge in [-0.1, -0.05) is 0 Å². The SMILES string of the molecule is Cc1cc(C(=O)N(CCO)C(C)C)ccc1N. The highest BCUT2D eigenvalue weighted by molar-refractivity contribution is 5.95. The molecule has 0 aromatic heterocycles. The van der Waals surface area contributed by atoms with Crippen LogP contribution in [-0.4, -0.2) is 35.1 Å². The van der Waals surface area contributed by atoms with Crippen molar-refractivity contribution in [2.45, 2.75) is 26.8 Å². The third-order valence-electron chi connectivity index (χ3n) is 2.74. The van der Waals surface area contributed by atoms with Crippen LogP contribution in [0.4, 0.5) is 5.69 Å². The van der Waals surface area contributed by atoms with Crippen molar-refractivity contribution in [2.75, 3.05) is 18.9 Å². The lowest BCUT2D eigenvalue weighted by Gasteiger charge is -2.26. The number of carbonyl (C=O) groups excluding carboxylic acids is 1. The van der Waals surface area contributed by atoms with E-state index in [1.165, 1.54) is 0 Å². The molecule has 1 aromatic carbocycles. The minimum absolute atomic E-state index is 0.0299. The molecule has 0 aliphatic rings. The smallest absolute Gasteiger partial charge is 0.254 e. The number of carbonyl (C=O) groups is 1. The largest absolute Gasteiger partial charge is 0.399 e. The topological polar surface area (TPSA) is 66.6 Å². The maximum atomic E-state index is 12.2. The van der Waals surface area contributed by atoms with Gasteiger partial charge in [-0.2, -0.15) is 0 Å². The van der Waals surface area contributed by atoms with Crippen LogP contribution in [0.2, 0.25) is 0 Å². The second-order valence-electron chi connectivity index (χ2n) is 4.39. The zero-order valence-corrected chi connectivity index (χ0v) is 10.6. The first-order valence-corrected chi connectivity index (χ1v) is 5.75. The van der Waals surface area contributed by atoms with Crippen LogP contribution in [-0.2, 0) is 0 Å². The van der Waals surface area contributed by atoms with Crippen molar-refractivity contribution in [1.29, 1.82) is 0 Å². The number of amides is 1. The number of aliphatic hydroxyl groups excluding tert-OH is 1. The van der Waals surface area contributed by atoms with Crippen molar-refractivity contribution in [3.05, 3.63) is 29.3 Å². The summed E-state index contributed by atoms with van der Waals surface area (Å²) >= 11 is 0. The zero-order valence-electron chi connectivity index (χ0n) is 10.6. The lowest BCUT2D eigenvalue weighted by Crippen LogP contribution is -2.39. The van der Waals surface area contributed by atoms with Gasteiger partial charge in [0.2, 0.25) is 0 Å². The molecular weight excluding hydrogens is 216 g/mol. The maximum Gasteiger partial charge on any atom is 0.254 e. The molecule has 1 amide bonds. The number of hydrogen-bond donors (Lipinski definition) is 2. The van der Waals surface area contributed by atoms with Gasteiger partial charge in [0.25, 0.3) is 5.91 Å². The Kier molecular flexibility index (Phi) is 4.52. The van der Waals surface area contributed by atoms with Gasteiger partial charge in [0, 0.05) is 23.8 Å². The number of anilines is 1. The number of nitrogen functional groups attached to an aromatic ring is 1. The quantitative estimate of drug-likeness (QED) is 0.777. The Morgan fingerprint density at radius 3 is 2.59 bits per heavy atom. The lowest BCUT2D eigenvalue weighted by atomic mass is 10.1. The van der Waals surface area contributed by atoms with Gasteiger partial charge in [-0.3, -0.25) is 4.79 Å². The molecule has 0 bridgehead atoms. The third kappa shape index (κ3) is 3.20. The molecule has 94 valence electrons. The molecule has 0 aliphatic carbocycles. The lowest BCUT2D eigenvalue weighted by molar-refractivity contribution is 0.0665. The van der Waals surface area contributed by atoms with Gasteiger partial charge in [-0.05, 0) is 44.5 Å². The first-order valence-electron chi connectivity index (χ1n) is 5.75.